The van der Waals surface area contributed by atoms with E-state index in [2.05, 4.69) is 15.9 Å². The molecule has 4 rings (SSSR count). The lowest BCUT2D eigenvalue weighted by molar-refractivity contribution is -0.140. The van der Waals surface area contributed by atoms with Crippen LogP contribution in [0, 0.1) is 5.92 Å². The SMILES string of the molecule is O=C(Oc1ccc(Br)cc1)C1CCN(S(=O)(=O)c2ccc3c(c2)OCCCO3)CC1. The van der Waals surface area contributed by atoms with Crippen LogP contribution in [0.5, 0.6) is 17.2 Å². The first-order valence-electron chi connectivity index (χ1n) is 9.80. The van der Waals surface area contributed by atoms with Crippen molar-refractivity contribution in [2.75, 3.05) is 26.3 Å². The largest absolute Gasteiger partial charge is 0.490 e. The van der Waals surface area contributed by atoms with Crippen molar-refractivity contribution in [2.24, 2.45) is 5.92 Å². The quantitative estimate of drug-likeness (QED) is 0.475. The van der Waals surface area contributed by atoms with Gasteiger partial charge in [0.2, 0.25) is 10.0 Å². The fraction of sp³-hybridized carbons (Fsp3) is 0.381. The molecule has 1 fully saturated rings. The van der Waals surface area contributed by atoms with Crippen LogP contribution in [0.4, 0.5) is 0 Å². The highest BCUT2D eigenvalue weighted by atomic mass is 79.9. The number of halogens is 1. The van der Waals surface area contributed by atoms with E-state index < -0.39 is 10.0 Å². The third-order valence-electron chi connectivity index (χ3n) is 5.18. The van der Waals surface area contributed by atoms with E-state index in [0.29, 0.717) is 43.3 Å². The van der Waals surface area contributed by atoms with Gasteiger partial charge in [0.25, 0.3) is 0 Å². The van der Waals surface area contributed by atoms with Gasteiger partial charge in [-0.25, -0.2) is 8.42 Å². The number of benzene rings is 2. The molecule has 2 aliphatic rings. The van der Waals surface area contributed by atoms with E-state index in [1.54, 1.807) is 30.3 Å². The number of carbonyl (C=O) groups is 1. The molecule has 0 aromatic heterocycles. The highest BCUT2D eigenvalue weighted by Gasteiger charge is 2.33. The summed E-state index contributed by atoms with van der Waals surface area (Å²) in [5, 5.41) is 0. The van der Waals surface area contributed by atoms with Gasteiger partial charge >= 0.3 is 5.97 Å². The maximum absolute atomic E-state index is 13.1. The average molecular weight is 496 g/mol. The summed E-state index contributed by atoms with van der Waals surface area (Å²) in [6.45, 7) is 1.55. The Bertz CT molecular complexity index is 1020. The summed E-state index contributed by atoms with van der Waals surface area (Å²) in [6, 6.07) is 11.7. The lowest BCUT2D eigenvalue weighted by Crippen LogP contribution is -2.41. The van der Waals surface area contributed by atoms with Crippen molar-refractivity contribution < 1.29 is 27.4 Å². The first-order valence-corrected chi connectivity index (χ1v) is 12.0. The van der Waals surface area contributed by atoms with Gasteiger partial charge in [-0.2, -0.15) is 4.31 Å². The predicted molar refractivity (Wildman–Crippen MR) is 113 cm³/mol. The monoisotopic (exact) mass is 495 g/mol. The molecule has 2 aromatic rings. The molecule has 30 heavy (non-hydrogen) atoms. The molecular weight excluding hydrogens is 474 g/mol. The zero-order chi connectivity index (χ0) is 21.1. The molecule has 0 amide bonds. The van der Waals surface area contributed by atoms with Crippen LogP contribution >= 0.6 is 15.9 Å². The second-order valence-electron chi connectivity index (χ2n) is 7.21. The van der Waals surface area contributed by atoms with E-state index >= 15 is 0 Å². The number of hydrogen-bond acceptors (Lipinski definition) is 6. The Morgan fingerprint density at radius 2 is 1.67 bits per heavy atom. The van der Waals surface area contributed by atoms with Gasteiger partial charge in [-0.05, 0) is 49.2 Å². The molecule has 7 nitrogen and oxygen atoms in total. The molecule has 0 atom stereocenters. The standard InChI is InChI=1S/C21H22BrNO6S/c22-16-2-4-17(5-3-16)29-21(24)15-8-10-23(11-9-15)30(25,26)18-6-7-19-20(14-18)28-13-1-12-27-19/h2-7,14-15H,1,8-13H2. The summed E-state index contributed by atoms with van der Waals surface area (Å²) in [5.41, 5.74) is 0. The lowest BCUT2D eigenvalue weighted by atomic mass is 9.98. The maximum Gasteiger partial charge on any atom is 0.314 e. The highest BCUT2D eigenvalue weighted by Crippen LogP contribution is 2.34. The summed E-state index contributed by atoms with van der Waals surface area (Å²) < 4.78 is 45.1. The Balaban J connectivity index is 1.40. The molecule has 1 saturated heterocycles. The molecule has 0 bridgehead atoms. The van der Waals surface area contributed by atoms with E-state index in [1.165, 1.54) is 16.4 Å². The number of hydrogen-bond donors (Lipinski definition) is 0. The first kappa shape index (κ1) is 21.1. The second kappa shape index (κ2) is 8.95. The molecule has 0 N–H and O–H groups in total. The zero-order valence-corrected chi connectivity index (χ0v) is 18.7. The molecule has 0 aliphatic carbocycles. The van der Waals surface area contributed by atoms with Gasteiger partial charge < -0.3 is 14.2 Å². The van der Waals surface area contributed by atoms with E-state index in [9.17, 15) is 13.2 Å². The van der Waals surface area contributed by atoms with Crippen LogP contribution in [0.2, 0.25) is 0 Å². The minimum absolute atomic E-state index is 0.169. The van der Waals surface area contributed by atoms with Crippen molar-refractivity contribution in [3.05, 3.63) is 46.9 Å². The van der Waals surface area contributed by atoms with Gasteiger partial charge in [0.05, 0.1) is 24.0 Å². The molecule has 9 heteroatoms. The van der Waals surface area contributed by atoms with Gasteiger partial charge in [-0.15, -0.1) is 0 Å². The fourth-order valence-electron chi connectivity index (χ4n) is 3.49. The van der Waals surface area contributed by atoms with Crippen molar-refractivity contribution in [1.29, 1.82) is 0 Å². The molecule has 2 aromatic carbocycles. The molecule has 160 valence electrons. The average Bonchev–Trinajstić information content (AvgIpc) is 3.00. The Morgan fingerprint density at radius 3 is 2.37 bits per heavy atom. The van der Waals surface area contributed by atoms with Gasteiger partial charge in [0.15, 0.2) is 11.5 Å². The first-order chi connectivity index (χ1) is 14.4. The second-order valence-corrected chi connectivity index (χ2v) is 10.1. The number of ether oxygens (including phenoxy) is 3. The van der Waals surface area contributed by atoms with Crippen LogP contribution in [0.15, 0.2) is 51.8 Å². The van der Waals surface area contributed by atoms with Crippen molar-refractivity contribution in [1.82, 2.24) is 4.31 Å². The van der Waals surface area contributed by atoms with E-state index in [-0.39, 0.29) is 29.9 Å². The summed E-state index contributed by atoms with van der Waals surface area (Å²) >= 11 is 3.34. The van der Waals surface area contributed by atoms with E-state index in [4.69, 9.17) is 14.2 Å². The van der Waals surface area contributed by atoms with Crippen LogP contribution < -0.4 is 14.2 Å². The smallest absolute Gasteiger partial charge is 0.314 e. The number of carbonyl (C=O) groups excluding carboxylic acids is 1. The predicted octanol–water partition coefficient (Wildman–Crippen LogP) is 3.62. The Labute approximate surface area is 184 Å². The Morgan fingerprint density at radius 1 is 1.00 bits per heavy atom. The minimum atomic E-state index is -3.68. The van der Waals surface area contributed by atoms with Crippen LogP contribution in [0.3, 0.4) is 0 Å². The van der Waals surface area contributed by atoms with Gasteiger partial charge in [-0.3, -0.25) is 4.79 Å². The third-order valence-corrected chi connectivity index (χ3v) is 7.60. The van der Waals surface area contributed by atoms with Crippen molar-refractivity contribution in [3.63, 3.8) is 0 Å². The molecular formula is C21H22BrNO6S. The zero-order valence-electron chi connectivity index (χ0n) is 16.3. The molecule has 0 unspecified atom stereocenters. The maximum atomic E-state index is 13.1. The Hall–Kier alpha value is -2.10. The highest BCUT2D eigenvalue weighted by molar-refractivity contribution is 9.10. The molecule has 2 aliphatic heterocycles. The number of fused-ring (bicyclic) bond motifs is 1. The number of piperidine rings is 1. The third kappa shape index (κ3) is 4.63. The minimum Gasteiger partial charge on any atom is -0.490 e. The summed E-state index contributed by atoms with van der Waals surface area (Å²) in [5.74, 6) is 0.821. The summed E-state index contributed by atoms with van der Waals surface area (Å²) in [4.78, 5) is 12.6. The van der Waals surface area contributed by atoms with Crippen LogP contribution in [0.25, 0.3) is 0 Å². The number of nitrogens with zero attached hydrogens (tertiary/aromatic N) is 1. The van der Waals surface area contributed by atoms with E-state index in [0.717, 1.165) is 10.9 Å². The van der Waals surface area contributed by atoms with Gasteiger partial charge in [0.1, 0.15) is 5.75 Å². The van der Waals surface area contributed by atoms with Gasteiger partial charge in [-0.1, -0.05) is 15.9 Å². The fourth-order valence-corrected chi connectivity index (χ4v) is 5.24. The lowest BCUT2D eigenvalue weighted by Gasteiger charge is -2.30. The molecule has 0 saturated carbocycles. The summed E-state index contributed by atoms with van der Waals surface area (Å²) in [7, 11) is -3.68. The van der Waals surface area contributed by atoms with Crippen LogP contribution in [0.1, 0.15) is 19.3 Å². The molecule has 2 heterocycles. The number of rotatable bonds is 4. The number of esters is 1. The number of sulfonamides is 1. The van der Waals surface area contributed by atoms with Gasteiger partial charge in [0, 0.05) is 30.0 Å². The van der Waals surface area contributed by atoms with Crippen LogP contribution in [-0.4, -0.2) is 45.0 Å². The molecule has 0 spiro atoms. The normalized spacial score (nSPS) is 17.9. The van der Waals surface area contributed by atoms with Crippen molar-refractivity contribution in [3.8, 4) is 17.2 Å². The summed E-state index contributed by atoms with van der Waals surface area (Å²) in [6.07, 6.45) is 1.58. The molecule has 0 radical (unpaired) electrons. The van der Waals surface area contributed by atoms with E-state index in [1.807, 2.05) is 0 Å². The Kier molecular flexibility index (Phi) is 6.31. The van der Waals surface area contributed by atoms with Crippen molar-refractivity contribution in [2.45, 2.75) is 24.2 Å². The topological polar surface area (TPSA) is 82.1 Å². The van der Waals surface area contributed by atoms with Crippen molar-refractivity contribution >= 4 is 31.9 Å². The van der Waals surface area contributed by atoms with Crippen LogP contribution in [-0.2, 0) is 14.8 Å².